The first-order valence-electron chi connectivity index (χ1n) is 4.52. The summed E-state index contributed by atoms with van der Waals surface area (Å²) in [6.07, 6.45) is -1.69. The third kappa shape index (κ3) is 3.49. The Hall–Kier alpha value is -0.850. The third-order valence-corrected chi connectivity index (χ3v) is 2.18. The third-order valence-electron chi connectivity index (χ3n) is 2.18. The van der Waals surface area contributed by atoms with Gasteiger partial charge in [0.2, 0.25) is 0 Å². The largest absolute Gasteiger partial charge is 0.506 e. The molecule has 14 heavy (non-hydrogen) atoms. The van der Waals surface area contributed by atoms with Gasteiger partial charge in [-0.3, -0.25) is 4.90 Å². The van der Waals surface area contributed by atoms with Crippen molar-refractivity contribution in [1.29, 1.82) is 0 Å². The van der Waals surface area contributed by atoms with Crippen molar-refractivity contribution < 1.29 is 24.9 Å². The van der Waals surface area contributed by atoms with Crippen molar-refractivity contribution in [3.8, 4) is 0 Å². The fourth-order valence-corrected chi connectivity index (χ4v) is 1.56. The quantitative estimate of drug-likeness (QED) is 0.516. The Balaban J connectivity index is 2.23. The zero-order valence-corrected chi connectivity index (χ0v) is 7.80. The number of aliphatic hydroxyl groups excluding tert-OH is 2. The molecule has 0 bridgehead atoms. The molecule has 1 aliphatic rings. The number of β-amino-alcohol motifs (C(OH)–C–C–N with tert-alkyl or cyclic N) is 1. The van der Waals surface area contributed by atoms with Gasteiger partial charge in [-0.1, -0.05) is 0 Å². The Labute approximate surface area is 81.7 Å². The monoisotopic (exact) mass is 205 g/mol. The molecule has 6 nitrogen and oxygen atoms in total. The van der Waals surface area contributed by atoms with E-state index >= 15 is 0 Å². The van der Waals surface area contributed by atoms with E-state index in [0.717, 1.165) is 0 Å². The van der Waals surface area contributed by atoms with Gasteiger partial charge in [-0.25, -0.2) is 4.79 Å². The predicted molar refractivity (Wildman–Crippen MR) is 47.0 cm³/mol. The molecule has 0 saturated carbocycles. The topological polar surface area (TPSA) is 90.2 Å². The highest BCUT2D eigenvalue weighted by Gasteiger charge is 2.26. The molecular weight excluding hydrogens is 190 g/mol. The highest BCUT2D eigenvalue weighted by molar-refractivity contribution is 5.57. The number of carbonyl (C=O) groups is 1. The molecule has 6 heteroatoms. The molecule has 1 saturated heterocycles. The van der Waals surface area contributed by atoms with Crippen molar-refractivity contribution in [3.63, 3.8) is 0 Å². The van der Waals surface area contributed by atoms with Crippen LogP contribution in [-0.2, 0) is 4.74 Å². The van der Waals surface area contributed by atoms with Crippen LogP contribution >= 0.6 is 0 Å². The van der Waals surface area contributed by atoms with E-state index in [-0.39, 0.29) is 12.7 Å². The van der Waals surface area contributed by atoms with E-state index in [1.807, 2.05) is 4.90 Å². The molecule has 1 rings (SSSR count). The fourth-order valence-electron chi connectivity index (χ4n) is 1.56. The summed E-state index contributed by atoms with van der Waals surface area (Å²) in [4.78, 5) is 12.1. The second-order valence-corrected chi connectivity index (χ2v) is 3.39. The molecule has 3 N–H and O–H groups in total. The number of rotatable bonds is 4. The molecule has 0 aromatic carbocycles. The van der Waals surface area contributed by atoms with Crippen molar-refractivity contribution in [2.24, 2.45) is 0 Å². The Bertz CT molecular complexity index is 198. The van der Waals surface area contributed by atoms with E-state index in [2.05, 4.69) is 4.74 Å². The first-order chi connectivity index (χ1) is 6.61. The van der Waals surface area contributed by atoms with E-state index in [1.54, 1.807) is 0 Å². The van der Waals surface area contributed by atoms with Crippen LogP contribution in [0.1, 0.15) is 6.42 Å². The number of nitrogens with zero attached hydrogens (tertiary/aromatic N) is 1. The van der Waals surface area contributed by atoms with Crippen LogP contribution in [0.2, 0.25) is 0 Å². The van der Waals surface area contributed by atoms with Crippen LogP contribution in [0.4, 0.5) is 4.79 Å². The standard InChI is InChI=1S/C8H15NO5/c10-5-6(11)3-9-2-1-7(4-9)14-8(12)13/h6-7,10-11H,1-5H2,(H,12,13). The second-order valence-electron chi connectivity index (χ2n) is 3.39. The average molecular weight is 205 g/mol. The van der Waals surface area contributed by atoms with E-state index in [4.69, 9.17) is 15.3 Å². The van der Waals surface area contributed by atoms with Crippen LogP contribution in [0, 0.1) is 0 Å². The Kier molecular flexibility index (Phi) is 4.12. The van der Waals surface area contributed by atoms with Crippen LogP contribution in [0.3, 0.4) is 0 Å². The van der Waals surface area contributed by atoms with Crippen molar-refractivity contribution in [2.45, 2.75) is 18.6 Å². The average Bonchev–Trinajstić information content (AvgIpc) is 2.51. The van der Waals surface area contributed by atoms with Gasteiger partial charge in [0.1, 0.15) is 6.10 Å². The van der Waals surface area contributed by atoms with E-state index in [9.17, 15) is 4.79 Å². The Morgan fingerprint density at radius 1 is 1.64 bits per heavy atom. The molecule has 82 valence electrons. The number of ether oxygens (including phenoxy) is 1. The maximum absolute atomic E-state index is 10.2. The van der Waals surface area contributed by atoms with Crippen LogP contribution in [0.15, 0.2) is 0 Å². The van der Waals surface area contributed by atoms with Crippen LogP contribution in [0.5, 0.6) is 0 Å². The molecule has 0 amide bonds. The number of hydrogen-bond acceptors (Lipinski definition) is 5. The van der Waals surface area contributed by atoms with Gasteiger partial charge in [-0.05, 0) is 6.42 Å². The van der Waals surface area contributed by atoms with Crippen molar-refractivity contribution in [1.82, 2.24) is 4.90 Å². The SMILES string of the molecule is O=C(O)OC1CCN(CC(O)CO)C1. The Morgan fingerprint density at radius 2 is 2.36 bits per heavy atom. The lowest BCUT2D eigenvalue weighted by Gasteiger charge is -2.18. The molecule has 0 aliphatic carbocycles. The normalized spacial score (nSPS) is 24.9. The summed E-state index contributed by atoms with van der Waals surface area (Å²) in [5.74, 6) is 0. The maximum Gasteiger partial charge on any atom is 0.506 e. The van der Waals surface area contributed by atoms with E-state index < -0.39 is 12.3 Å². The van der Waals surface area contributed by atoms with E-state index in [0.29, 0.717) is 26.1 Å². The van der Waals surface area contributed by atoms with Gasteiger partial charge < -0.3 is 20.1 Å². The van der Waals surface area contributed by atoms with Crippen molar-refractivity contribution >= 4 is 6.16 Å². The van der Waals surface area contributed by atoms with Gasteiger partial charge in [0, 0.05) is 19.6 Å². The number of likely N-dealkylation sites (tertiary alicyclic amines) is 1. The van der Waals surface area contributed by atoms with Gasteiger partial charge in [0.15, 0.2) is 0 Å². The molecule has 1 aliphatic heterocycles. The lowest BCUT2D eigenvalue weighted by atomic mass is 10.3. The van der Waals surface area contributed by atoms with Crippen molar-refractivity contribution in [2.75, 3.05) is 26.2 Å². The molecule has 0 spiro atoms. The molecule has 0 aromatic heterocycles. The smallest absolute Gasteiger partial charge is 0.450 e. The molecule has 1 fully saturated rings. The summed E-state index contributed by atoms with van der Waals surface area (Å²) >= 11 is 0. The number of aliphatic hydroxyl groups is 2. The van der Waals surface area contributed by atoms with Gasteiger partial charge in [-0.15, -0.1) is 0 Å². The molecule has 2 atom stereocenters. The summed E-state index contributed by atoms with van der Waals surface area (Å²) in [6, 6.07) is 0. The molecule has 2 unspecified atom stereocenters. The Morgan fingerprint density at radius 3 is 2.93 bits per heavy atom. The second kappa shape index (κ2) is 5.14. The summed E-state index contributed by atoms with van der Waals surface area (Å²) in [5, 5.41) is 26.1. The number of hydrogen-bond donors (Lipinski definition) is 3. The van der Waals surface area contributed by atoms with Crippen LogP contribution in [-0.4, -0.2) is 64.8 Å². The van der Waals surface area contributed by atoms with Crippen LogP contribution < -0.4 is 0 Å². The predicted octanol–water partition coefficient (Wildman–Crippen LogP) is -0.892. The minimum absolute atomic E-state index is 0.277. The number of carboxylic acid groups (broad SMARTS) is 1. The lowest BCUT2D eigenvalue weighted by Crippen LogP contribution is -2.33. The zero-order valence-electron chi connectivity index (χ0n) is 7.80. The molecule has 0 radical (unpaired) electrons. The van der Waals surface area contributed by atoms with Gasteiger partial charge in [-0.2, -0.15) is 0 Å². The summed E-state index contributed by atoms with van der Waals surface area (Å²) in [7, 11) is 0. The van der Waals surface area contributed by atoms with Crippen LogP contribution in [0.25, 0.3) is 0 Å². The summed E-state index contributed by atoms with van der Waals surface area (Å²) in [6.45, 7) is 1.26. The molecular formula is C8H15NO5. The van der Waals surface area contributed by atoms with Gasteiger partial charge in [0.05, 0.1) is 12.7 Å². The van der Waals surface area contributed by atoms with E-state index in [1.165, 1.54) is 0 Å². The maximum atomic E-state index is 10.2. The molecule has 0 aromatic rings. The minimum Gasteiger partial charge on any atom is -0.450 e. The summed E-state index contributed by atoms with van der Waals surface area (Å²) < 4.78 is 4.59. The zero-order chi connectivity index (χ0) is 10.6. The molecule has 1 heterocycles. The highest BCUT2D eigenvalue weighted by Crippen LogP contribution is 2.12. The minimum atomic E-state index is -1.26. The lowest BCUT2D eigenvalue weighted by molar-refractivity contribution is 0.0440. The summed E-state index contributed by atoms with van der Waals surface area (Å²) in [5.41, 5.74) is 0. The van der Waals surface area contributed by atoms with Gasteiger partial charge in [0.25, 0.3) is 0 Å². The first kappa shape index (κ1) is 11.2. The highest BCUT2D eigenvalue weighted by atomic mass is 16.7. The van der Waals surface area contributed by atoms with Crippen molar-refractivity contribution in [3.05, 3.63) is 0 Å². The first-order valence-corrected chi connectivity index (χ1v) is 4.52. The fraction of sp³-hybridized carbons (Fsp3) is 0.875. The van der Waals surface area contributed by atoms with Gasteiger partial charge >= 0.3 is 6.16 Å².